The van der Waals surface area contributed by atoms with Crippen molar-refractivity contribution < 1.29 is 4.79 Å². The Kier molecular flexibility index (Phi) is 6.07. The van der Waals surface area contributed by atoms with Crippen molar-refractivity contribution >= 4 is 47.4 Å². The summed E-state index contributed by atoms with van der Waals surface area (Å²) in [5, 5.41) is 3.27. The number of nitrogens with zero attached hydrogens (tertiary/aromatic N) is 6. The highest BCUT2D eigenvalue weighted by Gasteiger charge is 2.41. The minimum absolute atomic E-state index is 0.0821. The fourth-order valence-electron chi connectivity index (χ4n) is 4.42. The van der Waals surface area contributed by atoms with Gasteiger partial charge in [-0.15, -0.1) is 0 Å². The lowest BCUT2D eigenvalue weighted by atomic mass is 9.91. The monoisotopic (exact) mass is 434 g/mol. The number of nitrogens with one attached hydrogen (secondary N) is 1. The first-order valence-electron chi connectivity index (χ1n) is 10.9. The van der Waals surface area contributed by atoms with Crippen LogP contribution >= 0.6 is 0 Å². The molecule has 1 aliphatic carbocycles. The van der Waals surface area contributed by atoms with E-state index in [1.54, 1.807) is 11.1 Å². The molecule has 168 valence electrons. The number of aromatic nitrogens is 2. The molecule has 1 aromatic heterocycles. The van der Waals surface area contributed by atoms with Crippen LogP contribution in [0.2, 0.25) is 0 Å². The number of rotatable bonds is 5. The number of benzene rings is 1. The quantitative estimate of drug-likeness (QED) is 0.549. The first-order valence-corrected chi connectivity index (χ1v) is 10.9. The van der Waals surface area contributed by atoms with E-state index in [2.05, 4.69) is 25.2 Å². The van der Waals surface area contributed by atoms with Crippen molar-refractivity contribution in [2.75, 3.05) is 28.7 Å². The van der Waals surface area contributed by atoms with Crippen LogP contribution < -0.4 is 20.9 Å². The fourth-order valence-corrected chi connectivity index (χ4v) is 4.42. The molecule has 1 fully saturated rings. The third kappa shape index (κ3) is 4.42. The molecule has 1 aromatic carbocycles. The van der Waals surface area contributed by atoms with Crippen molar-refractivity contribution in [2.24, 2.45) is 21.1 Å². The number of fused-ring (bicyclic) bond motifs is 1. The maximum absolute atomic E-state index is 13.1. The zero-order valence-electron chi connectivity index (χ0n) is 18.8. The van der Waals surface area contributed by atoms with Gasteiger partial charge in [0.2, 0.25) is 11.9 Å². The third-order valence-electron chi connectivity index (χ3n) is 6.08. The van der Waals surface area contributed by atoms with E-state index in [1.807, 2.05) is 45.2 Å². The van der Waals surface area contributed by atoms with Gasteiger partial charge in [-0.25, -0.2) is 15.0 Å². The average molecular weight is 435 g/mol. The Morgan fingerprint density at radius 2 is 1.94 bits per heavy atom. The molecule has 2 aromatic rings. The number of hydrogen-bond acceptors (Lipinski definition) is 6. The van der Waals surface area contributed by atoms with Gasteiger partial charge in [0.15, 0.2) is 5.82 Å². The predicted octanol–water partition coefficient (Wildman–Crippen LogP) is 3.62. The van der Waals surface area contributed by atoms with Gasteiger partial charge in [0.25, 0.3) is 0 Å². The topological polar surface area (TPSA) is 112 Å². The minimum Gasteiger partial charge on any atom is -0.390 e. The van der Waals surface area contributed by atoms with Gasteiger partial charge in [0.1, 0.15) is 12.0 Å². The Balaban J connectivity index is 1.64. The molecule has 0 spiro atoms. The molecular formula is C23H30N8O. The molecule has 1 amide bonds. The van der Waals surface area contributed by atoms with E-state index in [-0.39, 0.29) is 5.91 Å². The Hall–Kier alpha value is -3.49. The van der Waals surface area contributed by atoms with E-state index in [4.69, 9.17) is 10.7 Å². The molecule has 3 N–H and O–H groups in total. The smallest absolute Gasteiger partial charge is 0.234 e. The largest absolute Gasteiger partial charge is 0.390 e. The molecular weight excluding hydrogens is 404 g/mol. The minimum atomic E-state index is -0.504. The second kappa shape index (κ2) is 8.94. The van der Waals surface area contributed by atoms with Crippen LogP contribution in [-0.4, -0.2) is 48.2 Å². The van der Waals surface area contributed by atoms with Gasteiger partial charge in [-0.3, -0.25) is 4.79 Å². The lowest BCUT2D eigenvalue weighted by Gasteiger charge is -2.34. The molecule has 0 unspecified atom stereocenters. The van der Waals surface area contributed by atoms with Crippen molar-refractivity contribution in [1.82, 2.24) is 9.97 Å². The van der Waals surface area contributed by atoms with Crippen LogP contribution in [0.25, 0.3) is 0 Å². The Morgan fingerprint density at radius 1 is 1.22 bits per heavy atom. The number of aliphatic imine (C=N–C) groups is 2. The summed E-state index contributed by atoms with van der Waals surface area (Å²) in [4.78, 5) is 34.4. The summed E-state index contributed by atoms with van der Waals surface area (Å²) in [7, 11) is 1.81. The second-order valence-electron chi connectivity index (χ2n) is 8.93. The number of carbonyl (C=O) groups excluding carboxylic acids is 1. The molecule has 1 aliphatic heterocycles. The Labute approximate surface area is 188 Å². The maximum Gasteiger partial charge on any atom is 0.234 e. The van der Waals surface area contributed by atoms with Crippen LogP contribution in [0.3, 0.4) is 0 Å². The normalized spacial score (nSPS) is 19.0. The molecule has 2 aliphatic rings. The van der Waals surface area contributed by atoms with Gasteiger partial charge in [-0.05, 0) is 51.0 Å². The van der Waals surface area contributed by atoms with Crippen molar-refractivity contribution in [2.45, 2.75) is 45.6 Å². The molecule has 0 bridgehead atoms. The van der Waals surface area contributed by atoms with Crippen LogP contribution in [0.4, 0.5) is 28.8 Å². The standard InChI is InChI=1S/C23H30N8O/c1-23(2)13-31(18-6-4-5-7-18)20-19(30(3)21(23)32)12-26-22(29-20)28-17-10-8-16(9-11-17)27-15-25-14-24/h8-12,14-15,18H,4-7,13H2,1-3H3,(H2,24,25,27)(H,26,28,29). The molecule has 32 heavy (non-hydrogen) atoms. The number of nitrogens with two attached hydrogens (primary N) is 1. The summed E-state index contributed by atoms with van der Waals surface area (Å²) in [6.45, 7) is 4.66. The highest BCUT2D eigenvalue weighted by atomic mass is 16.2. The number of carbonyl (C=O) groups is 1. The molecule has 0 saturated heterocycles. The van der Waals surface area contributed by atoms with Crippen LogP contribution in [0.15, 0.2) is 40.4 Å². The van der Waals surface area contributed by atoms with Crippen molar-refractivity contribution in [3.63, 3.8) is 0 Å². The molecule has 1 saturated carbocycles. The molecule has 2 heterocycles. The second-order valence-corrected chi connectivity index (χ2v) is 8.93. The zero-order valence-corrected chi connectivity index (χ0v) is 18.8. The van der Waals surface area contributed by atoms with Crippen LogP contribution in [0.1, 0.15) is 39.5 Å². The maximum atomic E-state index is 13.1. The highest BCUT2D eigenvalue weighted by molar-refractivity contribution is 6.00. The summed E-state index contributed by atoms with van der Waals surface area (Å²) < 4.78 is 0. The highest BCUT2D eigenvalue weighted by Crippen LogP contribution is 2.40. The molecule has 9 nitrogen and oxygen atoms in total. The number of hydrogen-bond donors (Lipinski definition) is 2. The van der Waals surface area contributed by atoms with Crippen molar-refractivity contribution in [1.29, 1.82) is 0 Å². The summed E-state index contributed by atoms with van der Waals surface area (Å²) in [6, 6.07) is 7.94. The lowest BCUT2D eigenvalue weighted by Crippen LogP contribution is -2.45. The molecule has 0 radical (unpaired) electrons. The van der Waals surface area contributed by atoms with Gasteiger partial charge < -0.3 is 20.9 Å². The Bertz CT molecular complexity index is 1020. The van der Waals surface area contributed by atoms with E-state index in [9.17, 15) is 4.79 Å². The average Bonchev–Trinajstić information content (AvgIpc) is 3.30. The van der Waals surface area contributed by atoms with Gasteiger partial charge in [0, 0.05) is 25.3 Å². The fraction of sp³-hybridized carbons (Fsp3) is 0.435. The van der Waals surface area contributed by atoms with E-state index in [0.29, 0.717) is 18.5 Å². The van der Waals surface area contributed by atoms with Crippen LogP contribution in [-0.2, 0) is 4.79 Å². The number of amides is 1. The van der Waals surface area contributed by atoms with Crippen molar-refractivity contribution in [3.05, 3.63) is 30.5 Å². The molecule has 9 heteroatoms. The summed E-state index contributed by atoms with van der Waals surface area (Å²) in [6.07, 6.45) is 9.00. The number of anilines is 4. The van der Waals surface area contributed by atoms with Gasteiger partial charge in [-0.1, -0.05) is 12.8 Å². The Morgan fingerprint density at radius 3 is 2.62 bits per heavy atom. The van der Waals surface area contributed by atoms with Gasteiger partial charge in [0.05, 0.1) is 23.6 Å². The van der Waals surface area contributed by atoms with Crippen LogP contribution in [0.5, 0.6) is 0 Å². The summed E-state index contributed by atoms with van der Waals surface area (Å²) in [5.74, 6) is 1.40. The summed E-state index contributed by atoms with van der Waals surface area (Å²) >= 11 is 0. The predicted molar refractivity (Wildman–Crippen MR) is 129 cm³/mol. The van der Waals surface area contributed by atoms with E-state index < -0.39 is 5.41 Å². The van der Waals surface area contributed by atoms with Crippen molar-refractivity contribution in [3.8, 4) is 0 Å². The van der Waals surface area contributed by atoms with Gasteiger partial charge in [-0.2, -0.15) is 4.98 Å². The first kappa shape index (κ1) is 21.7. The van der Waals surface area contributed by atoms with Gasteiger partial charge >= 0.3 is 0 Å². The SMILES string of the molecule is CN1C(=O)C(C)(C)CN(C2CCCC2)c2nc(Nc3ccc(N=CN=CN)cc3)ncc21. The van der Waals surface area contributed by atoms with E-state index in [0.717, 1.165) is 35.7 Å². The molecule has 0 atom stereocenters. The van der Waals surface area contributed by atoms with E-state index in [1.165, 1.54) is 25.5 Å². The van der Waals surface area contributed by atoms with E-state index >= 15 is 0 Å². The first-order chi connectivity index (χ1) is 15.4. The lowest BCUT2D eigenvalue weighted by molar-refractivity contribution is -0.125. The third-order valence-corrected chi connectivity index (χ3v) is 6.08. The molecule has 4 rings (SSSR count). The zero-order chi connectivity index (χ0) is 22.7. The summed E-state index contributed by atoms with van der Waals surface area (Å²) in [5.41, 5.74) is 7.07. The van der Waals surface area contributed by atoms with Crippen LogP contribution in [0, 0.1) is 5.41 Å².